The molecule has 1 amide bonds. The fourth-order valence-electron chi connectivity index (χ4n) is 2.36. The van der Waals surface area contributed by atoms with Gasteiger partial charge in [-0.2, -0.15) is 0 Å². The number of carbonyl (C=O) groups excluding carboxylic acids is 2. The van der Waals surface area contributed by atoms with Gasteiger partial charge in [-0.1, -0.05) is 17.7 Å². The van der Waals surface area contributed by atoms with E-state index in [4.69, 9.17) is 22.1 Å². The molecule has 1 heterocycles. The van der Waals surface area contributed by atoms with Crippen molar-refractivity contribution in [1.82, 2.24) is 4.90 Å². The molecule has 5 nitrogen and oxygen atoms in total. The Morgan fingerprint density at radius 3 is 2.62 bits per heavy atom. The normalized spacial score (nSPS) is 16.4. The molecule has 21 heavy (non-hydrogen) atoms. The Morgan fingerprint density at radius 1 is 1.29 bits per heavy atom. The topological polar surface area (TPSA) is 72.6 Å². The predicted octanol–water partition coefficient (Wildman–Crippen LogP) is 2.48. The summed E-state index contributed by atoms with van der Waals surface area (Å²) in [7, 11) is 0. The molecule has 1 aromatic carbocycles. The van der Waals surface area contributed by atoms with Gasteiger partial charge >= 0.3 is 5.97 Å². The number of hydrogen-bond donors (Lipinski definition) is 1. The van der Waals surface area contributed by atoms with E-state index in [0.717, 1.165) is 32.4 Å². The van der Waals surface area contributed by atoms with Crippen LogP contribution in [0.5, 0.6) is 0 Å². The van der Waals surface area contributed by atoms with E-state index in [1.807, 2.05) is 0 Å². The number of piperidine rings is 1. The van der Waals surface area contributed by atoms with Crippen LogP contribution in [0.4, 0.5) is 5.69 Å². The van der Waals surface area contributed by atoms with E-state index in [0.29, 0.717) is 5.02 Å². The first kappa shape index (κ1) is 15.6. The lowest BCUT2D eigenvalue weighted by Crippen LogP contribution is -2.42. The minimum absolute atomic E-state index is 0.163. The van der Waals surface area contributed by atoms with Gasteiger partial charge in [0.1, 0.15) is 0 Å². The summed E-state index contributed by atoms with van der Waals surface area (Å²) in [5, 5.41) is 0.291. The second-order valence-electron chi connectivity index (χ2n) is 5.13. The molecule has 1 aliphatic rings. The lowest BCUT2D eigenvalue weighted by molar-refractivity contribution is -0.140. The third-order valence-corrected chi connectivity index (χ3v) is 3.90. The highest BCUT2D eigenvalue weighted by Gasteiger charge is 2.26. The van der Waals surface area contributed by atoms with Gasteiger partial charge in [-0.3, -0.25) is 4.79 Å². The monoisotopic (exact) mass is 310 g/mol. The maximum absolute atomic E-state index is 12.2. The molecule has 0 spiro atoms. The van der Waals surface area contributed by atoms with Crippen LogP contribution in [0.3, 0.4) is 0 Å². The standard InChI is InChI=1S/C15H19ClN2O3/c1-10(14(19)18-8-3-2-4-9-18)21-15(20)11-6-5-7-12(16)13(11)17/h5-7,10H,2-4,8-9,17H2,1H3. The van der Waals surface area contributed by atoms with Crippen molar-refractivity contribution in [2.45, 2.75) is 32.3 Å². The highest BCUT2D eigenvalue weighted by Crippen LogP contribution is 2.23. The van der Waals surface area contributed by atoms with E-state index >= 15 is 0 Å². The van der Waals surface area contributed by atoms with Crippen molar-refractivity contribution in [3.05, 3.63) is 28.8 Å². The average Bonchev–Trinajstić information content (AvgIpc) is 2.50. The van der Waals surface area contributed by atoms with Crippen LogP contribution in [0.15, 0.2) is 18.2 Å². The predicted molar refractivity (Wildman–Crippen MR) is 81.2 cm³/mol. The van der Waals surface area contributed by atoms with Crippen molar-refractivity contribution in [2.24, 2.45) is 0 Å². The molecule has 0 saturated carbocycles. The summed E-state index contributed by atoms with van der Waals surface area (Å²) < 4.78 is 5.22. The van der Waals surface area contributed by atoms with Crippen LogP contribution in [0.2, 0.25) is 5.02 Å². The van der Waals surface area contributed by atoms with Gasteiger partial charge in [0.15, 0.2) is 6.10 Å². The summed E-state index contributed by atoms with van der Waals surface area (Å²) in [5.41, 5.74) is 6.10. The van der Waals surface area contributed by atoms with Crippen LogP contribution in [0.1, 0.15) is 36.5 Å². The Bertz CT molecular complexity index is 542. The van der Waals surface area contributed by atoms with Crippen molar-refractivity contribution in [1.29, 1.82) is 0 Å². The van der Waals surface area contributed by atoms with Crippen LogP contribution < -0.4 is 5.73 Å². The van der Waals surface area contributed by atoms with E-state index in [1.165, 1.54) is 6.07 Å². The van der Waals surface area contributed by atoms with Crippen LogP contribution in [0.25, 0.3) is 0 Å². The Balaban J connectivity index is 2.01. The molecule has 0 aromatic heterocycles. The maximum Gasteiger partial charge on any atom is 0.341 e. The highest BCUT2D eigenvalue weighted by molar-refractivity contribution is 6.33. The second-order valence-corrected chi connectivity index (χ2v) is 5.54. The molecule has 1 aliphatic heterocycles. The molecular formula is C15H19ClN2O3. The van der Waals surface area contributed by atoms with Gasteiger partial charge in [-0.15, -0.1) is 0 Å². The van der Waals surface area contributed by atoms with E-state index in [-0.39, 0.29) is 17.2 Å². The third-order valence-electron chi connectivity index (χ3n) is 3.57. The number of ether oxygens (including phenoxy) is 1. The molecule has 1 fully saturated rings. The summed E-state index contributed by atoms with van der Waals surface area (Å²) in [5.74, 6) is -0.795. The van der Waals surface area contributed by atoms with Crippen LogP contribution in [-0.4, -0.2) is 36.0 Å². The van der Waals surface area contributed by atoms with E-state index in [2.05, 4.69) is 0 Å². The van der Waals surface area contributed by atoms with Gasteiger partial charge in [-0.25, -0.2) is 4.79 Å². The minimum atomic E-state index is -0.825. The van der Waals surface area contributed by atoms with Gasteiger partial charge < -0.3 is 15.4 Å². The summed E-state index contributed by atoms with van der Waals surface area (Å²) in [6.45, 7) is 3.02. The first-order valence-electron chi connectivity index (χ1n) is 7.04. The van der Waals surface area contributed by atoms with Gasteiger partial charge in [0.05, 0.1) is 16.3 Å². The number of rotatable bonds is 3. The molecular weight excluding hydrogens is 292 g/mol. The molecule has 0 radical (unpaired) electrons. The zero-order valence-electron chi connectivity index (χ0n) is 12.0. The zero-order chi connectivity index (χ0) is 15.4. The molecule has 114 valence electrons. The minimum Gasteiger partial charge on any atom is -0.449 e. The largest absolute Gasteiger partial charge is 0.449 e. The number of halogens is 1. The van der Waals surface area contributed by atoms with Crippen LogP contribution in [-0.2, 0) is 9.53 Å². The number of esters is 1. The second kappa shape index (κ2) is 6.80. The number of nitrogens with two attached hydrogens (primary N) is 1. The zero-order valence-corrected chi connectivity index (χ0v) is 12.7. The summed E-state index contributed by atoms with van der Waals surface area (Å²) in [6, 6.07) is 4.74. The summed E-state index contributed by atoms with van der Waals surface area (Å²) in [4.78, 5) is 26.0. The van der Waals surface area contributed by atoms with Gasteiger partial charge in [0.25, 0.3) is 5.91 Å². The number of carbonyl (C=O) groups is 2. The SMILES string of the molecule is CC(OC(=O)c1cccc(Cl)c1N)C(=O)N1CCCCC1. The van der Waals surface area contributed by atoms with E-state index in [1.54, 1.807) is 24.0 Å². The lowest BCUT2D eigenvalue weighted by Gasteiger charge is -2.29. The van der Waals surface area contributed by atoms with E-state index in [9.17, 15) is 9.59 Å². The highest BCUT2D eigenvalue weighted by atomic mass is 35.5. The first-order chi connectivity index (χ1) is 10.0. The van der Waals surface area contributed by atoms with Gasteiger partial charge in [0.2, 0.25) is 0 Å². The molecule has 1 unspecified atom stereocenters. The van der Waals surface area contributed by atoms with Gasteiger partial charge in [-0.05, 0) is 38.3 Å². The Kier molecular flexibility index (Phi) is 5.07. The number of likely N-dealkylation sites (tertiary alicyclic amines) is 1. The van der Waals surface area contributed by atoms with Crippen molar-refractivity contribution in [3.8, 4) is 0 Å². The third kappa shape index (κ3) is 3.67. The number of benzene rings is 1. The fourth-order valence-corrected chi connectivity index (χ4v) is 2.54. The quantitative estimate of drug-likeness (QED) is 0.687. The van der Waals surface area contributed by atoms with Crippen molar-refractivity contribution >= 4 is 29.2 Å². The van der Waals surface area contributed by atoms with Crippen molar-refractivity contribution in [2.75, 3.05) is 18.8 Å². The molecule has 2 rings (SSSR count). The summed E-state index contributed by atoms with van der Waals surface area (Å²) in [6.07, 6.45) is 2.30. The number of para-hydroxylation sites is 1. The number of nitrogen functional groups attached to an aromatic ring is 1. The number of hydrogen-bond acceptors (Lipinski definition) is 4. The Hall–Kier alpha value is -1.75. The van der Waals surface area contributed by atoms with Crippen molar-refractivity contribution in [3.63, 3.8) is 0 Å². The smallest absolute Gasteiger partial charge is 0.341 e. The number of amides is 1. The molecule has 2 N–H and O–H groups in total. The molecule has 0 aliphatic carbocycles. The molecule has 1 aromatic rings. The number of anilines is 1. The fraction of sp³-hybridized carbons (Fsp3) is 0.467. The Morgan fingerprint density at radius 2 is 1.95 bits per heavy atom. The Labute approximate surface area is 129 Å². The lowest BCUT2D eigenvalue weighted by atomic mass is 10.1. The van der Waals surface area contributed by atoms with Crippen LogP contribution >= 0.6 is 11.6 Å². The first-order valence-corrected chi connectivity index (χ1v) is 7.42. The molecule has 1 saturated heterocycles. The molecule has 1 atom stereocenters. The molecule has 6 heteroatoms. The van der Waals surface area contributed by atoms with Gasteiger partial charge in [0, 0.05) is 13.1 Å². The molecule has 0 bridgehead atoms. The van der Waals surface area contributed by atoms with Crippen molar-refractivity contribution < 1.29 is 14.3 Å². The van der Waals surface area contributed by atoms with E-state index < -0.39 is 12.1 Å². The summed E-state index contributed by atoms with van der Waals surface area (Å²) >= 11 is 5.87. The maximum atomic E-state index is 12.2. The van der Waals surface area contributed by atoms with Crippen LogP contribution in [0, 0.1) is 0 Å². The average molecular weight is 311 g/mol. The number of nitrogens with zero attached hydrogens (tertiary/aromatic N) is 1.